The second-order valence-corrected chi connectivity index (χ2v) is 7.08. The van der Waals surface area contributed by atoms with Crippen molar-refractivity contribution >= 4 is 17.4 Å². The predicted molar refractivity (Wildman–Crippen MR) is 91.0 cm³/mol. The number of aliphatic hydroxyl groups excluding tert-OH is 1. The van der Waals surface area contributed by atoms with Crippen molar-refractivity contribution in [1.82, 2.24) is 10.3 Å². The standard InChI is InChI=1S/C17H21F3N4O2/c1-16(2,3)12(21)8-14(25)23-15(26)11-6-7-24(11)13-5-4-10(9-22-13)17(18,19)20/h4-5,8-9,11,21,25H,6-7H2,1-3H3,(H,23,26)/b14-8-,21-12?/t11-/m0/s1. The lowest BCUT2D eigenvalue weighted by molar-refractivity contribution is -0.137. The number of nitrogens with one attached hydrogen (secondary N) is 2. The minimum Gasteiger partial charge on any atom is -0.494 e. The number of hydrogen-bond donors (Lipinski definition) is 3. The number of anilines is 1. The summed E-state index contributed by atoms with van der Waals surface area (Å²) in [6.07, 6.45) is -2.09. The zero-order valence-electron chi connectivity index (χ0n) is 14.7. The van der Waals surface area contributed by atoms with Crippen LogP contribution in [0.15, 0.2) is 30.3 Å². The topological polar surface area (TPSA) is 89.3 Å². The van der Waals surface area contributed by atoms with Crippen LogP contribution in [0.1, 0.15) is 32.8 Å². The molecule has 2 rings (SSSR count). The molecule has 1 saturated heterocycles. The molecule has 1 atom stereocenters. The highest BCUT2D eigenvalue weighted by Gasteiger charge is 2.36. The molecule has 1 amide bonds. The first kappa shape index (κ1) is 19.7. The average Bonchev–Trinajstić information content (AvgIpc) is 2.44. The number of aliphatic hydroxyl groups is 1. The zero-order chi connectivity index (χ0) is 19.7. The van der Waals surface area contributed by atoms with Gasteiger partial charge in [0, 0.05) is 29.9 Å². The predicted octanol–water partition coefficient (Wildman–Crippen LogP) is 3.26. The molecule has 1 fully saturated rings. The number of hydrogen-bond acceptors (Lipinski definition) is 5. The van der Waals surface area contributed by atoms with Crippen LogP contribution in [0.4, 0.5) is 19.0 Å². The molecule has 0 aromatic carbocycles. The molecular weight excluding hydrogens is 349 g/mol. The van der Waals surface area contributed by atoms with Crippen molar-refractivity contribution in [1.29, 1.82) is 5.41 Å². The lowest BCUT2D eigenvalue weighted by Crippen LogP contribution is -2.56. The van der Waals surface area contributed by atoms with Gasteiger partial charge in [0.2, 0.25) is 5.91 Å². The summed E-state index contributed by atoms with van der Waals surface area (Å²) in [6, 6.07) is 1.49. The number of allylic oxidation sites excluding steroid dienone is 1. The van der Waals surface area contributed by atoms with E-state index in [-0.39, 0.29) is 11.5 Å². The Morgan fingerprint density at radius 2 is 2.04 bits per heavy atom. The highest BCUT2D eigenvalue weighted by atomic mass is 19.4. The van der Waals surface area contributed by atoms with Crippen molar-refractivity contribution in [3.05, 3.63) is 35.9 Å². The Labute approximate surface area is 149 Å². The summed E-state index contributed by atoms with van der Waals surface area (Å²) in [5.41, 5.74) is -1.19. The van der Waals surface area contributed by atoms with E-state index in [0.717, 1.165) is 18.3 Å². The third-order valence-corrected chi connectivity index (χ3v) is 4.03. The van der Waals surface area contributed by atoms with Crippen LogP contribution in [0, 0.1) is 10.8 Å². The van der Waals surface area contributed by atoms with Crippen LogP contribution in [0.3, 0.4) is 0 Å². The molecular formula is C17H21F3N4O2. The molecule has 0 radical (unpaired) electrons. The molecule has 142 valence electrons. The van der Waals surface area contributed by atoms with E-state index in [2.05, 4.69) is 10.3 Å². The first-order valence-corrected chi connectivity index (χ1v) is 8.00. The van der Waals surface area contributed by atoms with Gasteiger partial charge in [0.05, 0.1) is 5.56 Å². The van der Waals surface area contributed by atoms with Crippen LogP contribution in [-0.2, 0) is 11.0 Å². The lowest BCUT2D eigenvalue weighted by Gasteiger charge is -2.40. The summed E-state index contributed by atoms with van der Waals surface area (Å²) >= 11 is 0. The van der Waals surface area contributed by atoms with Crippen LogP contribution >= 0.6 is 0 Å². The summed E-state index contributed by atoms with van der Waals surface area (Å²) in [6.45, 7) is 5.86. The van der Waals surface area contributed by atoms with Gasteiger partial charge in [0.15, 0.2) is 5.88 Å². The number of alkyl halides is 3. The monoisotopic (exact) mass is 370 g/mol. The fourth-order valence-corrected chi connectivity index (χ4v) is 2.26. The van der Waals surface area contributed by atoms with Crippen molar-refractivity contribution in [2.75, 3.05) is 11.4 Å². The Hall–Kier alpha value is -2.58. The Balaban J connectivity index is 2.03. The lowest BCUT2D eigenvalue weighted by atomic mass is 9.90. The van der Waals surface area contributed by atoms with E-state index in [9.17, 15) is 23.1 Å². The van der Waals surface area contributed by atoms with Gasteiger partial charge < -0.3 is 15.4 Å². The number of rotatable bonds is 4. The third kappa shape index (κ3) is 4.53. The van der Waals surface area contributed by atoms with E-state index >= 15 is 0 Å². The van der Waals surface area contributed by atoms with E-state index in [0.29, 0.717) is 13.0 Å². The first-order valence-electron chi connectivity index (χ1n) is 8.00. The average molecular weight is 370 g/mol. The van der Waals surface area contributed by atoms with Gasteiger partial charge in [-0.1, -0.05) is 20.8 Å². The van der Waals surface area contributed by atoms with Gasteiger partial charge in [0.1, 0.15) is 11.9 Å². The number of carbonyl (C=O) groups excluding carboxylic acids is 1. The second-order valence-electron chi connectivity index (χ2n) is 7.08. The SMILES string of the molecule is CC(C)(C)C(=N)/C=C(\O)NC(=O)[C@@H]1CCN1c1ccc(C(F)(F)F)cn1. The van der Waals surface area contributed by atoms with Crippen LogP contribution in [0.25, 0.3) is 0 Å². The van der Waals surface area contributed by atoms with Gasteiger partial charge in [0.25, 0.3) is 0 Å². The van der Waals surface area contributed by atoms with E-state index in [4.69, 9.17) is 5.41 Å². The maximum atomic E-state index is 12.6. The maximum Gasteiger partial charge on any atom is 0.417 e. The number of carbonyl (C=O) groups is 1. The fraction of sp³-hybridized carbons (Fsp3) is 0.471. The third-order valence-electron chi connectivity index (χ3n) is 4.03. The van der Waals surface area contributed by atoms with Gasteiger partial charge in [-0.25, -0.2) is 4.98 Å². The highest BCUT2D eigenvalue weighted by Crippen LogP contribution is 2.31. The van der Waals surface area contributed by atoms with Gasteiger partial charge in [-0.3, -0.25) is 10.1 Å². The normalized spacial score (nSPS) is 18.3. The summed E-state index contributed by atoms with van der Waals surface area (Å²) in [5.74, 6) is -0.689. The first-order chi connectivity index (χ1) is 11.9. The molecule has 0 unspecified atom stereocenters. The van der Waals surface area contributed by atoms with Crippen LogP contribution in [0.2, 0.25) is 0 Å². The highest BCUT2D eigenvalue weighted by molar-refractivity contribution is 5.97. The molecule has 3 N–H and O–H groups in total. The number of nitrogens with zero attached hydrogens (tertiary/aromatic N) is 2. The minimum atomic E-state index is -4.47. The summed E-state index contributed by atoms with van der Waals surface area (Å²) in [7, 11) is 0. The van der Waals surface area contributed by atoms with Gasteiger partial charge in [-0.2, -0.15) is 13.2 Å². The Kier molecular flexibility index (Phi) is 5.29. The Morgan fingerprint density at radius 3 is 2.46 bits per heavy atom. The number of halogens is 3. The number of pyridine rings is 1. The molecule has 9 heteroatoms. The maximum absolute atomic E-state index is 12.6. The number of aromatic nitrogens is 1. The quantitative estimate of drug-likeness (QED) is 0.561. The number of amides is 1. The van der Waals surface area contributed by atoms with Crippen molar-refractivity contribution < 1.29 is 23.1 Å². The fourth-order valence-electron chi connectivity index (χ4n) is 2.26. The van der Waals surface area contributed by atoms with Crippen molar-refractivity contribution in [2.24, 2.45) is 5.41 Å². The Morgan fingerprint density at radius 1 is 1.38 bits per heavy atom. The molecule has 0 bridgehead atoms. The molecule has 1 aromatic heterocycles. The smallest absolute Gasteiger partial charge is 0.417 e. The van der Waals surface area contributed by atoms with Crippen LogP contribution < -0.4 is 10.2 Å². The molecule has 0 saturated carbocycles. The summed E-state index contributed by atoms with van der Waals surface area (Å²) in [4.78, 5) is 17.6. The molecule has 0 spiro atoms. The molecule has 2 heterocycles. The molecule has 6 nitrogen and oxygen atoms in total. The van der Waals surface area contributed by atoms with Crippen LogP contribution in [0.5, 0.6) is 0 Å². The minimum absolute atomic E-state index is 0.144. The molecule has 0 aliphatic carbocycles. The molecule has 1 aliphatic heterocycles. The van der Waals surface area contributed by atoms with Crippen molar-refractivity contribution in [3.63, 3.8) is 0 Å². The molecule has 1 aromatic rings. The van der Waals surface area contributed by atoms with Crippen LogP contribution in [-0.4, -0.2) is 34.3 Å². The van der Waals surface area contributed by atoms with Crippen molar-refractivity contribution in [3.8, 4) is 0 Å². The van der Waals surface area contributed by atoms with E-state index in [1.807, 2.05) is 0 Å². The van der Waals surface area contributed by atoms with Gasteiger partial charge >= 0.3 is 6.18 Å². The van der Waals surface area contributed by atoms with E-state index in [1.165, 1.54) is 6.07 Å². The summed E-state index contributed by atoms with van der Waals surface area (Å²) < 4.78 is 37.8. The van der Waals surface area contributed by atoms with Crippen molar-refractivity contribution in [2.45, 2.75) is 39.4 Å². The van der Waals surface area contributed by atoms with E-state index in [1.54, 1.807) is 25.7 Å². The second kappa shape index (κ2) is 6.97. The Bertz CT molecular complexity index is 721. The van der Waals surface area contributed by atoms with Gasteiger partial charge in [-0.15, -0.1) is 0 Å². The molecule has 26 heavy (non-hydrogen) atoms. The zero-order valence-corrected chi connectivity index (χ0v) is 14.7. The molecule has 1 aliphatic rings. The summed E-state index contributed by atoms with van der Waals surface area (Å²) in [5, 5.41) is 20.0. The van der Waals surface area contributed by atoms with Gasteiger partial charge in [-0.05, 0) is 18.6 Å². The largest absolute Gasteiger partial charge is 0.494 e. The van der Waals surface area contributed by atoms with E-state index < -0.39 is 35.0 Å².